The number of anilines is 3. The van der Waals surface area contributed by atoms with Gasteiger partial charge >= 0.3 is 6.61 Å². The quantitative estimate of drug-likeness (QED) is 0.0949. The molecule has 2 N–H and O–H groups in total. The molecule has 2 amide bonds. The van der Waals surface area contributed by atoms with Crippen LogP contribution in [0.1, 0.15) is 47.0 Å². The number of sulfonamides is 1. The number of morpholine rings is 1. The van der Waals surface area contributed by atoms with Gasteiger partial charge in [0.1, 0.15) is 21.9 Å². The Bertz CT molecular complexity index is 2890. The second-order valence-corrected chi connectivity index (χ2v) is 19.3. The Morgan fingerprint density at radius 1 is 0.838 bits per heavy atom. The number of ether oxygens (including phenoxy) is 2. The van der Waals surface area contributed by atoms with Crippen LogP contribution >= 0.6 is 11.9 Å². The Kier molecular flexibility index (Phi) is 15.1. The van der Waals surface area contributed by atoms with Crippen LogP contribution in [-0.2, 0) is 26.1 Å². The molecule has 17 heteroatoms. The van der Waals surface area contributed by atoms with E-state index < -0.39 is 22.5 Å². The minimum Gasteiger partial charge on any atom is -0.451 e. The number of amides is 2. The number of hydrogen-bond acceptors (Lipinski definition) is 12. The molecule has 3 aliphatic heterocycles. The van der Waals surface area contributed by atoms with Gasteiger partial charge in [-0.25, -0.2) is 17.0 Å². The first-order valence-corrected chi connectivity index (χ1v) is 24.4. The summed E-state index contributed by atoms with van der Waals surface area (Å²) in [5, 5.41) is 7.32. The first-order valence-electron chi connectivity index (χ1n) is 22.2. The summed E-state index contributed by atoms with van der Waals surface area (Å²) in [6, 6.07) is 41.0. The predicted octanol–water partition coefficient (Wildman–Crippen LogP) is 9.96. The summed E-state index contributed by atoms with van der Waals surface area (Å²) >= 11 is 1.70. The number of benzene rings is 5. The van der Waals surface area contributed by atoms with Crippen molar-refractivity contribution in [1.82, 2.24) is 13.5 Å². The number of unbranched alkanes of at least 4 members (excludes halogenated alkanes) is 1. The lowest BCUT2D eigenvalue weighted by Crippen LogP contribution is -2.36. The SMILES string of the molecule is CCCCN1C(=O)C(Nc2ccc3oc(C(=O)N(C)C)cc3c2)=C(c2ccccc2)S1(=O)=O.FC(F)Oc1ccc(CN2CC(Nc3ccc(N4CCOCC4)cc3)=C(c3ccccc3)S2)cc1. The third kappa shape index (κ3) is 11.2. The number of furan rings is 1. The molecule has 13 nitrogen and oxygen atoms in total. The van der Waals surface area contributed by atoms with Gasteiger partial charge in [0.2, 0.25) is 0 Å². The van der Waals surface area contributed by atoms with E-state index in [0.29, 0.717) is 35.2 Å². The number of hydrogen-bond donors (Lipinski definition) is 2. The van der Waals surface area contributed by atoms with Crippen LogP contribution in [0.5, 0.6) is 5.75 Å². The van der Waals surface area contributed by atoms with Gasteiger partial charge < -0.3 is 34.3 Å². The van der Waals surface area contributed by atoms with Gasteiger partial charge in [-0.05, 0) is 95.7 Å². The highest BCUT2D eigenvalue weighted by Gasteiger charge is 2.44. The zero-order chi connectivity index (χ0) is 47.8. The third-order valence-electron chi connectivity index (χ3n) is 11.3. The van der Waals surface area contributed by atoms with E-state index in [4.69, 9.17) is 9.15 Å². The summed E-state index contributed by atoms with van der Waals surface area (Å²) < 4.78 is 70.2. The molecule has 1 saturated heterocycles. The minimum atomic E-state index is -4.00. The molecule has 5 aromatic carbocycles. The van der Waals surface area contributed by atoms with Gasteiger partial charge in [0.15, 0.2) is 5.76 Å². The van der Waals surface area contributed by atoms with E-state index >= 15 is 0 Å². The molecule has 0 unspecified atom stereocenters. The lowest BCUT2D eigenvalue weighted by atomic mass is 10.1. The number of alkyl halides is 2. The molecule has 354 valence electrons. The molecule has 68 heavy (non-hydrogen) atoms. The highest BCUT2D eigenvalue weighted by Crippen LogP contribution is 2.42. The molecular weight excluding hydrogens is 911 g/mol. The molecule has 3 aliphatic rings. The number of carbonyl (C=O) groups is 2. The predicted molar refractivity (Wildman–Crippen MR) is 264 cm³/mol. The normalized spacial score (nSPS) is 16.1. The fourth-order valence-corrected chi connectivity index (χ4v) is 10.7. The highest BCUT2D eigenvalue weighted by molar-refractivity contribution is 8.06. The molecule has 0 aliphatic carbocycles. The second kappa shape index (κ2) is 21.5. The van der Waals surface area contributed by atoms with E-state index in [1.54, 1.807) is 92.8 Å². The van der Waals surface area contributed by atoms with Crippen molar-refractivity contribution in [1.29, 1.82) is 0 Å². The lowest BCUT2D eigenvalue weighted by molar-refractivity contribution is -0.122. The van der Waals surface area contributed by atoms with Gasteiger partial charge in [-0.3, -0.25) is 9.59 Å². The summed E-state index contributed by atoms with van der Waals surface area (Å²) in [4.78, 5) is 30.3. The minimum absolute atomic E-state index is 0.00439. The van der Waals surface area contributed by atoms with Crippen LogP contribution in [0.2, 0.25) is 0 Å². The molecule has 0 spiro atoms. The summed E-state index contributed by atoms with van der Waals surface area (Å²) in [6.45, 7) is 4.01. The van der Waals surface area contributed by atoms with E-state index in [1.807, 2.05) is 37.3 Å². The Hall–Kier alpha value is -6.66. The van der Waals surface area contributed by atoms with Crippen molar-refractivity contribution in [3.8, 4) is 5.75 Å². The van der Waals surface area contributed by atoms with Gasteiger partial charge in [0, 0.05) is 68.4 Å². The van der Waals surface area contributed by atoms with E-state index in [0.717, 1.165) is 66.1 Å². The second-order valence-electron chi connectivity index (χ2n) is 16.4. The first kappa shape index (κ1) is 47.8. The lowest BCUT2D eigenvalue weighted by Gasteiger charge is -2.29. The average molecular weight is 963 g/mol. The van der Waals surface area contributed by atoms with Crippen LogP contribution in [0, 0.1) is 0 Å². The molecule has 4 heterocycles. The number of fused-ring (bicyclic) bond motifs is 1. The molecule has 0 bridgehead atoms. The highest BCUT2D eigenvalue weighted by atomic mass is 32.2. The third-order valence-corrected chi connectivity index (χ3v) is 14.3. The van der Waals surface area contributed by atoms with E-state index in [1.165, 1.54) is 15.5 Å². The van der Waals surface area contributed by atoms with Crippen molar-refractivity contribution in [2.45, 2.75) is 32.9 Å². The molecule has 1 aromatic heterocycles. The number of nitrogens with one attached hydrogen (secondary N) is 2. The fraction of sp³-hybridized carbons (Fsp3) is 0.255. The molecule has 0 atom stereocenters. The number of halogens is 2. The Labute approximate surface area is 399 Å². The Morgan fingerprint density at radius 2 is 1.50 bits per heavy atom. The summed E-state index contributed by atoms with van der Waals surface area (Å²) in [7, 11) is -0.728. The Morgan fingerprint density at radius 3 is 2.15 bits per heavy atom. The van der Waals surface area contributed by atoms with Crippen molar-refractivity contribution in [3.05, 3.63) is 167 Å². The smallest absolute Gasteiger partial charge is 0.387 e. The van der Waals surface area contributed by atoms with Gasteiger partial charge in [-0.15, -0.1) is 0 Å². The molecule has 0 radical (unpaired) electrons. The maximum Gasteiger partial charge on any atom is 0.387 e. The van der Waals surface area contributed by atoms with Crippen molar-refractivity contribution in [2.75, 3.05) is 69.0 Å². The van der Waals surface area contributed by atoms with Crippen LogP contribution in [0.3, 0.4) is 0 Å². The van der Waals surface area contributed by atoms with Crippen molar-refractivity contribution in [3.63, 3.8) is 0 Å². The maximum atomic E-state index is 13.3. The van der Waals surface area contributed by atoms with Gasteiger partial charge in [-0.1, -0.05) is 86.1 Å². The van der Waals surface area contributed by atoms with Crippen LogP contribution in [0.15, 0.2) is 149 Å². The fourth-order valence-electron chi connectivity index (χ4n) is 7.87. The van der Waals surface area contributed by atoms with Crippen molar-refractivity contribution < 1.29 is 40.7 Å². The van der Waals surface area contributed by atoms with Crippen LogP contribution in [0.25, 0.3) is 20.8 Å². The van der Waals surface area contributed by atoms with Crippen LogP contribution in [-0.4, -0.2) is 93.8 Å². The number of carbonyl (C=O) groups excluding carboxylic acids is 2. The topological polar surface area (TPSA) is 137 Å². The van der Waals surface area contributed by atoms with E-state index in [-0.39, 0.29) is 34.6 Å². The summed E-state index contributed by atoms with van der Waals surface area (Å²) in [5.41, 5.74) is 7.04. The number of nitrogens with zero attached hydrogens (tertiary/aromatic N) is 4. The largest absolute Gasteiger partial charge is 0.451 e. The molecular formula is C51H52F2N6O7S2. The molecule has 9 rings (SSSR count). The van der Waals surface area contributed by atoms with Gasteiger partial charge in [0.05, 0.1) is 24.7 Å². The van der Waals surface area contributed by atoms with Gasteiger partial charge in [0.25, 0.3) is 21.8 Å². The average Bonchev–Trinajstić information content (AvgIpc) is 4.01. The van der Waals surface area contributed by atoms with Crippen molar-refractivity contribution >= 4 is 71.6 Å². The van der Waals surface area contributed by atoms with E-state index in [9.17, 15) is 26.8 Å². The monoisotopic (exact) mass is 962 g/mol. The van der Waals surface area contributed by atoms with Crippen LogP contribution in [0.4, 0.5) is 25.8 Å². The summed E-state index contributed by atoms with van der Waals surface area (Å²) in [5.74, 6) is -0.484. The van der Waals surface area contributed by atoms with Gasteiger partial charge in [-0.2, -0.15) is 8.78 Å². The maximum absolute atomic E-state index is 13.3. The van der Waals surface area contributed by atoms with Crippen LogP contribution < -0.4 is 20.3 Å². The molecule has 6 aromatic rings. The zero-order valence-corrected chi connectivity index (χ0v) is 39.5. The summed E-state index contributed by atoms with van der Waals surface area (Å²) in [6.07, 6.45) is 1.33. The Balaban J connectivity index is 0.000000184. The molecule has 0 saturated carbocycles. The number of rotatable bonds is 15. The van der Waals surface area contributed by atoms with E-state index in [2.05, 4.69) is 61.0 Å². The standard InChI is InChI=1S/C27H27F2N3O2S.C24H25N3O5S/c28-27(29)34-24-12-6-20(7-13-24)18-32-19-25(26(35-32)21-4-2-1-3-5-21)30-22-8-10-23(11-9-22)31-14-16-33-17-15-31;1-4-5-13-27-24(29)21(22(33(27,30)31)16-9-7-6-8-10-16)25-18-11-12-19-17(14-18)15-20(32-19)23(28)26(2)3/h1-13,27,30H,14-19H2;6-12,14-15,25H,4-5,13H2,1-3H3. The first-order chi connectivity index (χ1) is 32.9. The molecule has 1 fully saturated rings. The van der Waals surface area contributed by atoms with Crippen molar-refractivity contribution in [2.24, 2.45) is 0 Å². The zero-order valence-electron chi connectivity index (χ0n) is 37.9.